The Morgan fingerprint density at radius 1 is 1.14 bits per heavy atom. The normalized spacial score (nSPS) is 22.0. The van der Waals surface area contributed by atoms with Gasteiger partial charge in [-0.25, -0.2) is 4.98 Å². The molecule has 0 radical (unpaired) electrons. The van der Waals surface area contributed by atoms with Crippen molar-refractivity contribution in [2.75, 3.05) is 28.6 Å². The predicted octanol–water partition coefficient (Wildman–Crippen LogP) is 5.27. The first-order valence-corrected chi connectivity index (χ1v) is 15.7. The van der Waals surface area contributed by atoms with E-state index in [9.17, 15) is 9.90 Å². The third kappa shape index (κ3) is 5.61. The quantitative estimate of drug-likeness (QED) is 0.194. The van der Waals surface area contributed by atoms with E-state index in [1.54, 1.807) is 0 Å². The summed E-state index contributed by atoms with van der Waals surface area (Å²) in [7, 11) is 0. The van der Waals surface area contributed by atoms with E-state index in [2.05, 4.69) is 57.7 Å². The molecule has 1 aliphatic heterocycles. The average molecular weight is 593 g/mol. The highest BCUT2D eigenvalue weighted by atomic mass is 16.3. The number of carbonyl (C=O) groups excluding carboxylic acids is 1. The summed E-state index contributed by atoms with van der Waals surface area (Å²) in [6.45, 7) is 9.62. The Hall–Kier alpha value is -4.44. The van der Waals surface area contributed by atoms with E-state index in [0.717, 1.165) is 71.2 Å². The number of hydrogen-bond acceptors (Lipinski definition) is 8. The summed E-state index contributed by atoms with van der Waals surface area (Å²) >= 11 is 0. The van der Waals surface area contributed by atoms with Crippen molar-refractivity contribution in [3.05, 3.63) is 78.1 Å². The van der Waals surface area contributed by atoms with Crippen molar-refractivity contribution in [1.82, 2.24) is 25.1 Å². The van der Waals surface area contributed by atoms with Gasteiger partial charge in [-0.05, 0) is 68.9 Å². The van der Waals surface area contributed by atoms with Gasteiger partial charge in [0.1, 0.15) is 0 Å². The molecule has 0 spiro atoms. The van der Waals surface area contributed by atoms with Gasteiger partial charge in [-0.15, -0.1) is 0 Å². The number of piperidine rings is 1. The van der Waals surface area contributed by atoms with Gasteiger partial charge in [-0.3, -0.25) is 9.48 Å². The molecule has 44 heavy (non-hydrogen) atoms. The summed E-state index contributed by atoms with van der Waals surface area (Å²) in [5.41, 5.74) is 5.91. The summed E-state index contributed by atoms with van der Waals surface area (Å²) in [5, 5.41) is 26.9. The number of aromatic nitrogens is 4. The summed E-state index contributed by atoms with van der Waals surface area (Å²) in [5.74, 6) is 1.14. The molecule has 4 atom stereocenters. The lowest BCUT2D eigenvalue weighted by atomic mass is 9.96. The van der Waals surface area contributed by atoms with E-state index < -0.39 is 6.10 Å². The first-order valence-electron chi connectivity index (χ1n) is 15.7. The van der Waals surface area contributed by atoms with Gasteiger partial charge in [0.25, 0.3) is 0 Å². The van der Waals surface area contributed by atoms with Crippen LogP contribution >= 0.6 is 0 Å². The van der Waals surface area contributed by atoms with Crippen molar-refractivity contribution < 1.29 is 9.90 Å². The molecule has 4 aromatic rings. The number of aliphatic hydroxyl groups is 1. The number of nitrogens with zero attached hydrogens (tertiary/aromatic N) is 5. The number of amides is 1. The van der Waals surface area contributed by atoms with Gasteiger partial charge in [0.2, 0.25) is 11.9 Å². The molecule has 1 saturated heterocycles. The fourth-order valence-electron chi connectivity index (χ4n) is 6.39. The molecular weight excluding hydrogens is 552 g/mol. The van der Waals surface area contributed by atoms with Crippen molar-refractivity contribution in [3.63, 3.8) is 0 Å². The molecule has 0 bridgehead atoms. The minimum absolute atomic E-state index is 0.0644. The third-order valence-electron chi connectivity index (χ3n) is 9.26. The molecule has 3 aliphatic rings. The maximum atomic E-state index is 13.0. The lowest BCUT2D eigenvalue weighted by Gasteiger charge is -2.35. The van der Waals surface area contributed by atoms with Crippen molar-refractivity contribution in [3.8, 4) is 0 Å². The monoisotopic (exact) mass is 592 g/mol. The number of fused-ring (bicyclic) bond motifs is 2. The van der Waals surface area contributed by atoms with E-state index >= 15 is 0 Å². The molecule has 2 fully saturated rings. The Labute approximate surface area is 257 Å². The van der Waals surface area contributed by atoms with Crippen molar-refractivity contribution in [2.45, 2.75) is 70.2 Å². The second-order valence-corrected chi connectivity index (χ2v) is 12.6. The van der Waals surface area contributed by atoms with Gasteiger partial charge in [0.15, 0.2) is 5.82 Å². The zero-order chi connectivity index (χ0) is 30.4. The molecular formula is C34H40N8O2. The highest BCUT2D eigenvalue weighted by Crippen LogP contribution is 2.38. The number of nitrogens with one attached hydrogen (secondary N) is 3. The number of hydrogen-bond donors (Lipinski definition) is 4. The minimum atomic E-state index is -0.581. The standard InChI is InChI=1S/C34H40N8O2/c1-20(2)21(3)42-28-16-26(11-10-23(28)17-36-42)38-34-35-18-29(41-14-6-8-24(19-41)33(44)37-25-12-13-25)32(40-34)39-31-27-9-5-4-7-22(27)15-30(31)43/h4-5,7,9-11,16-18,21,24-25,30-31,43H,1,6,8,12-15,19H2,2-3H3,(H,37,44)(H2,35,38,39,40)/t21-,24?,30+,31-/m0/s1. The van der Waals surface area contributed by atoms with Crippen LogP contribution in [0.3, 0.4) is 0 Å². The summed E-state index contributed by atoms with van der Waals surface area (Å²) in [4.78, 5) is 24.9. The molecule has 10 heteroatoms. The Balaban J connectivity index is 1.20. The summed E-state index contributed by atoms with van der Waals surface area (Å²) in [6.07, 6.45) is 7.64. The molecule has 7 rings (SSSR count). The topological polar surface area (TPSA) is 120 Å². The number of allylic oxidation sites excluding steroid dienone is 1. The maximum absolute atomic E-state index is 13.0. The van der Waals surface area contributed by atoms with Crippen LogP contribution in [0.15, 0.2) is 67.0 Å². The fraction of sp³-hybridized carbons (Fsp3) is 0.412. The molecule has 3 heterocycles. The zero-order valence-electron chi connectivity index (χ0n) is 25.3. The number of aliphatic hydroxyl groups excluding tert-OH is 1. The van der Waals surface area contributed by atoms with Crippen molar-refractivity contribution in [2.24, 2.45) is 5.92 Å². The van der Waals surface area contributed by atoms with Gasteiger partial charge < -0.3 is 26.0 Å². The van der Waals surface area contributed by atoms with E-state index in [4.69, 9.17) is 9.97 Å². The first-order chi connectivity index (χ1) is 21.3. The highest BCUT2D eigenvalue weighted by molar-refractivity contribution is 5.84. The molecule has 2 aliphatic carbocycles. The minimum Gasteiger partial charge on any atom is -0.390 e. The van der Waals surface area contributed by atoms with Gasteiger partial charge in [0, 0.05) is 36.6 Å². The van der Waals surface area contributed by atoms with Crippen molar-refractivity contribution >= 4 is 40.0 Å². The number of anilines is 4. The molecule has 228 valence electrons. The molecule has 1 unspecified atom stereocenters. The van der Waals surface area contributed by atoms with Crippen LogP contribution in [0.5, 0.6) is 0 Å². The number of rotatable bonds is 9. The van der Waals surface area contributed by atoms with E-state index in [0.29, 0.717) is 30.8 Å². The number of benzene rings is 2. The van der Waals surface area contributed by atoms with Crippen LogP contribution in [0.4, 0.5) is 23.1 Å². The highest BCUT2D eigenvalue weighted by Gasteiger charge is 2.34. The Morgan fingerprint density at radius 2 is 1.98 bits per heavy atom. The van der Waals surface area contributed by atoms with Crippen LogP contribution in [-0.4, -0.2) is 56.0 Å². The first kappa shape index (κ1) is 28.3. The van der Waals surface area contributed by atoms with E-state index in [-0.39, 0.29) is 23.9 Å². The Morgan fingerprint density at radius 3 is 2.80 bits per heavy atom. The van der Waals surface area contributed by atoms with Gasteiger partial charge in [0.05, 0.1) is 47.7 Å². The van der Waals surface area contributed by atoms with Crippen LogP contribution in [0.25, 0.3) is 10.9 Å². The van der Waals surface area contributed by atoms with Gasteiger partial charge in [-0.1, -0.05) is 36.4 Å². The average Bonchev–Trinajstić information content (AvgIpc) is 3.66. The van der Waals surface area contributed by atoms with Crippen LogP contribution in [0.2, 0.25) is 0 Å². The van der Waals surface area contributed by atoms with Crippen LogP contribution in [-0.2, 0) is 11.2 Å². The predicted molar refractivity (Wildman–Crippen MR) is 173 cm³/mol. The molecule has 2 aromatic heterocycles. The molecule has 1 saturated carbocycles. The lowest BCUT2D eigenvalue weighted by molar-refractivity contribution is -0.125. The molecule has 4 N–H and O–H groups in total. The van der Waals surface area contributed by atoms with Crippen molar-refractivity contribution in [1.29, 1.82) is 0 Å². The molecule has 2 aromatic carbocycles. The zero-order valence-corrected chi connectivity index (χ0v) is 25.3. The fourth-order valence-corrected chi connectivity index (χ4v) is 6.39. The second-order valence-electron chi connectivity index (χ2n) is 12.6. The van der Waals surface area contributed by atoms with Gasteiger partial charge in [-0.2, -0.15) is 10.1 Å². The largest absolute Gasteiger partial charge is 0.390 e. The van der Waals surface area contributed by atoms with E-state index in [1.807, 2.05) is 48.3 Å². The van der Waals surface area contributed by atoms with Crippen LogP contribution in [0, 0.1) is 5.92 Å². The third-order valence-corrected chi connectivity index (χ3v) is 9.26. The van der Waals surface area contributed by atoms with Crippen LogP contribution in [0.1, 0.15) is 62.7 Å². The maximum Gasteiger partial charge on any atom is 0.229 e. The number of carbonyl (C=O) groups is 1. The Bertz CT molecular complexity index is 1710. The molecule has 10 nitrogen and oxygen atoms in total. The molecule has 1 amide bonds. The van der Waals surface area contributed by atoms with E-state index in [1.165, 1.54) is 0 Å². The Kier molecular flexibility index (Phi) is 7.45. The summed E-state index contributed by atoms with van der Waals surface area (Å²) < 4.78 is 1.98. The van der Waals surface area contributed by atoms with Gasteiger partial charge >= 0.3 is 0 Å². The second kappa shape index (κ2) is 11.6. The van der Waals surface area contributed by atoms with Crippen LogP contribution < -0.4 is 20.9 Å². The SMILES string of the molecule is C=C(C)[C@H](C)n1ncc2ccc(Nc3ncc(N4CCCC(C(=O)NC5CC5)C4)c(N[C@H]4c5ccccc5C[C@H]4O)n3)cc21. The smallest absolute Gasteiger partial charge is 0.229 e. The summed E-state index contributed by atoms with van der Waals surface area (Å²) in [6, 6.07) is 14.3. The lowest BCUT2D eigenvalue weighted by Crippen LogP contribution is -2.44.